The minimum absolute atomic E-state index is 0.100. The predicted octanol–water partition coefficient (Wildman–Crippen LogP) is 1.50. The van der Waals surface area contributed by atoms with Gasteiger partial charge in [0.1, 0.15) is 17.7 Å². The predicted molar refractivity (Wildman–Crippen MR) is 99.1 cm³/mol. The molecule has 3 rings (SSSR count). The summed E-state index contributed by atoms with van der Waals surface area (Å²) >= 11 is 0. The highest BCUT2D eigenvalue weighted by molar-refractivity contribution is 6.04. The number of aryl methyl sites for hydroxylation is 2. The normalized spacial score (nSPS) is 16.3. The quantitative estimate of drug-likeness (QED) is 0.814. The monoisotopic (exact) mass is 364 g/mol. The highest BCUT2D eigenvalue weighted by Gasteiger charge is 2.37. The second kappa shape index (κ2) is 7.46. The van der Waals surface area contributed by atoms with Crippen LogP contribution in [0.15, 0.2) is 41.2 Å². The van der Waals surface area contributed by atoms with Gasteiger partial charge < -0.3 is 9.47 Å². The molecule has 1 aliphatic rings. The van der Waals surface area contributed by atoms with Crippen molar-refractivity contribution in [2.45, 2.75) is 32.9 Å². The van der Waals surface area contributed by atoms with E-state index in [1.807, 2.05) is 36.4 Å². The Bertz CT molecular complexity index is 989. The number of amides is 3. The van der Waals surface area contributed by atoms with Crippen LogP contribution in [0.3, 0.4) is 0 Å². The zero-order valence-electron chi connectivity index (χ0n) is 15.2. The SMILES string of the molecule is Cc1cc(C)n(CCN2C(=O)NC(=O)[C@H]2Cc2ccccc2)c(=O)c1C#N. The van der Waals surface area contributed by atoms with Crippen molar-refractivity contribution in [3.8, 4) is 6.07 Å². The Balaban J connectivity index is 1.82. The minimum Gasteiger partial charge on any atom is -0.310 e. The van der Waals surface area contributed by atoms with E-state index in [1.54, 1.807) is 19.9 Å². The van der Waals surface area contributed by atoms with Crippen LogP contribution in [0.1, 0.15) is 22.4 Å². The first kappa shape index (κ1) is 18.4. The highest BCUT2D eigenvalue weighted by atomic mass is 16.2. The van der Waals surface area contributed by atoms with Crippen molar-refractivity contribution >= 4 is 11.9 Å². The first-order valence-corrected chi connectivity index (χ1v) is 8.69. The van der Waals surface area contributed by atoms with Gasteiger partial charge in [0.05, 0.1) is 0 Å². The Morgan fingerprint density at radius 3 is 2.48 bits per heavy atom. The van der Waals surface area contributed by atoms with Crippen LogP contribution in [0.5, 0.6) is 0 Å². The Hall–Kier alpha value is -3.40. The Labute approximate surface area is 156 Å². The van der Waals surface area contributed by atoms with E-state index in [1.165, 1.54) is 9.47 Å². The van der Waals surface area contributed by atoms with Crippen molar-refractivity contribution in [1.29, 1.82) is 5.26 Å². The first-order valence-electron chi connectivity index (χ1n) is 8.69. The molecule has 2 heterocycles. The summed E-state index contributed by atoms with van der Waals surface area (Å²) in [7, 11) is 0. The lowest BCUT2D eigenvalue weighted by Crippen LogP contribution is -2.40. The Kier molecular flexibility index (Phi) is 5.08. The largest absolute Gasteiger partial charge is 0.324 e. The lowest BCUT2D eigenvalue weighted by molar-refractivity contribution is -0.121. The van der Waals surface area contributed by atoms with E-state index >= 15 is 0 Å². The number of aromatic nitrogens is 1. The number of hydrogen-bond acceptors (Lipinski definition) is 4. The van der Waals surface area contributed by atoms with Gasteiger partial charge in [-0.15, -0.1) is 0 Å². The van der Waals surface area contributed by atoms with Gasteiger partial charge in [-0.1, -0.05) is 30.3 Å². The fourth-order valence-electron chi connectivity index (χ4n) is 3.39. The summed E-state index contributed by atoms with van der Waals surface area (Å²) in [6.45, 7) is 3.92. The number of rotatable bonds is 5. The maximum absolute atomic E-state index is 12.5. The molecule has 1 N–H and O–H groups in total. The van der Waals surface area contributed by atoms with Crippen molar-refractivity contribution in [3.05, 3.63) is 69.1 Å². The highest BCUT2D eigenvalue weighted by Crippen LogP contribution is 2.15. The second-order valence-electron chi connectivity index (χ2n) is 6.61. The van der Waals surface area contributed by atoms with Crippen LogP contribution in [-0.2, 0) is 17.8 Å². The standard InChI is InChI=1S/C20H20N4O3/c1-13-10-14(2)23(19(26)16(13)12-21)8-9-24-17(18(25)22-20(24)27)11-15-6-4-3-5-7-15/h3-7,10,17H,8-9,11H2,1-2H3,(H,22,25,27)/t17-/m1/s1. The molecular weight excluding hydrogens is 344 g/mol. The average molecular weight is 364 g/mol. The average Bonchev–Trinajstić information content (AvgIpc) is 2.89. The summed E-state index contributed by atoms with van der Waals surface area (Å²) in [6, 6.07) is 12.1. The van der Waals surface area contributed by atoms with Gasteiger partial charge in [0.15, 0.2) is 0 Å². The summed E-state index contributed by atoms with van der Waals surface area (Å²) in [5.74, 6) is -0.338. The number of carbonyl (C=O) groups is 2. The molecule has 0 spiro atoms. The number of nitrogens with one attached hydrogen (secondary N) is 1. The molecule has 0 aliphatic carbocycles. The van der Waals surface area contributed by atoms with E-state index in [0.717, 1.165) is 5.56 Å². The maximum atomic E-state index is 12.5. The summed E-state index contributed by atoms with van der Waals surface area (Å²) < 4.78 is 1.47. The van der Waals surface area contributed by atoms with Crippen LogP contribution < -0.4 is 10.9 Å². The molecule has 1 aliphatic heterocycles. The minimum atomic E-state index is -0.614. The third-order valence-corrected chi connectivity index (χ3v) is 4.82. The summed E-state index contributed by atoms with van der Waals surface area (Å²) in [5, 5.41) is 11.5. The van der Waals surface area contributed by atoms with E-state index in [4.69, 9.17) is 0 Å². The van der Waals surface area contributed by atoms with Crippen LogP contribution in [-0.4, -0.2) is 34.0 Å². The van der Waals surface area contributed by atoms with Crippen LogP contribution in [0.25, 0.3) is 0 Å². The second-order valence-corrected chi connectivity index (χ2v) is 6.61. The molecule has 1 saturated heterocycles. The first-order chi connectivity index (χ1) is 12.9. The molecule has 7 heteroatoms. The molecule has 1 atom stereocenters. The number of nitriles is 1. The van der Waals surface area contributed by atoms with Crippen molar-refractivity contribution in [2.75, 3.05) is 6.54 Å². The molecule has 0 bridgehead atoms. The van der Waals surface area contributed by atoms with Gasteiger partial charge in [-0.2, -0.15) is 5.26 Å². The van der Waals surface area contributed by atoms with E-state index in [9.17, 15) is 19.6 Å². The van der Waals surface area contributed by atoms with Gasteiger partial charge in [0.25, 0.3) is 11.5 Å². The Morgan fingerprint density at radius 2 is 1.81 bits per heavy atom. The number of imide groups is 1. The summed E-state index contributed by atoms with van der Waals surface area (Å²) in [5.41, 5.74) is 2.02. The van der Waals surface area contributed by atoms with Crippen molar-refractivity contribution in [3.63, 3.8) is 0 Å². The van der Waals surface area contributed by atoms with Gasteiger partial charge in [-0.3, -0.25) is 14.9 Å². The van der Waals surface area contributed by atoms with E-state index < -0.39 is 12.1 Å². The number of nitrogens with zero attached hydrogens (tertiary/aromatic N) is 3. The number of hydrogen-bond donors (Lipinski definition) is 1. The third-order valence-electron chi connectivity index (χ3n) is 4.82. The Morgan fingerprint density at radius 1 is 1.11 bits per heavy atom. The lowest BCUT2D eigenvalue weighted by atomic mass is 10.1. The fraction of sp³-hybridized carbons (Fsp3) is 0.300. The van der Waals surface area contributed by atoms with Gasteiger partial charge in [-0.05, 0) is 31.0 Å². The van der Waals surface area contributed by atoms with Crippen molar-refractivity contribution in [1.82, 2.24) is 14.8 Å². The number of pyridine rings is 1. The fourth-order valence-corrected chi connectivity index (χ4v) is 3.39. The smallest absolute Gasteiger partial charge is 0.310 e. The number of benzene rings is 1. The molecule has 27 heavy (non-hydrogen) atoms. The number of carbonyl (C=O) groups excluding carboxylic acids is 2. The van der Waals surface area contributed by atoms with Crippen molar-refractivity contribution in [2.24, 2.45) is 0 Å². The van der Waals surface area contributed by atoms with Gasteiger partial charge in [0.2, 0.25) is 0 Å². The maximum Gasteiger partial charge on any atom is 0.324 e. The molecule has 0 unspecified atom stereocenters. The van der Waals surface area contributed by atoms with Crippen LogP contribution >= 0.6 is 0 Å². The summed E-state index contributed by atoms with van der Waals surface area (Å²) in [4.78, 5) is 38.4. The topological polar surface area (TPSA) is 95.2 Å². The van der Waals surface area contributed by atoms with Crippen LogP contribution in [0.4, 0.5) is 4.79 Å². The van der Waals surface area contributed by atoms with Gasteiger partial charge in [0, 0.05) is 25.2 Å². The van der Waals surface area contributed by atoms with Gasteiger partial charge >= 0.3 is 6.03 Å². The summed E-state index contributed by atoms with van der Waals surface area (Å²) in [6.07, 6.45) is 0.406. The van der Waals surface area contributed by atoms with E-state index in [-0.39, 0.29) is 30.1 Å². The molecule has 1 aromatic heterocycles. The number of urea groups is 1. The molecule has 2 aromatic rings. The van der Waals surface area contributed by atoms with Crippen LogP contribution in [0.2, 0.25) is 0 Å². The molecule has 1 fully saturated rings. The van der Waals surface area contributed by atoms with Crippen molar-refractivity contribution < 1.29 is 9.59 Å². The van der Waals surface area contributed by atoms with E-state index in [0.29, 0.717) is 17.7 Å². The molecular formula is C20H20N4O3. The lowest BCUT2D eigenvalue weighted by Gasteiger charge is -2.23. The molecule has 3 amide bonds. The zero-order chi connectivity index (χ0) is 19.6. The van der Waals surface area contributed by atoms with Crippen LogP contribution in [0, 0.1) is 25.2 Å². The molecule has 0 saturated carbocycles. The molecule has 1 aromatic carbocycles. The van der Waals surface area contributed by atoms with Gasteiger partial charge in [-0.25, -0.2) is 4.79 Å². The van der Waals surface area contributed by atoms with E-state index in [2.05, 4.69) is 5.32 Å². The molecule has 138 valence electrons. The molecule has 7 nitrogen and oxygen atoms in total. The third kappa shape index (κ3) is 3.60. The molecule has 0 radical (unpaired) electrons. The zero-order valence-corrected chi connectivity index (χ0v) is 15.2.